The van der Waals surface area contributed by atoms with Gasteiger partial charge in [0.1, 0.15) is 5.82 Å². The molecular formula is C11H19BrN4. The molecule has 0 aliphatic carbocycles. The average Bonchev–Trinajstić information content (AvgIpc) is 2.19. The summed E-state index contributed by atoms with van der Waals surface area (Å²) in [5.74, 6) is 1.82. The third-order valence-corrected chi connectivity index (χ3v) is 3.11. The van der Waals surface area contributed by atoms with Crippen molar-refractivity contribution in [2.24, 2.45) is 5.92 Å². The van der Waals surface area contributed by atoms with Crippen LogP contribution in [0.5, 0.6) is 0 Å². The molecule has 0 fully saturated rings. The highest BCUT2D eigenvalue weighted by Crippen LogP contribution is 2.25. The minimum absolute atomic E-state index is 0.307. The molecular weight excluding hydrogens is 268 g/mol. The first-order chi connectivity index (χ1) is 7.41. The van der Waals surface area contributed by atoms with Gasteiger partial charge in [0.25, 0.3) is 0 Å². The first-order valence-electron chi connectivity index (χ1n) is 5.42. The van der Waals surface area contributed by atoms with Gasteiger partial charge in [-0.15, -0.1) is 0 Å². The van der Waals surface area contributed by atoms with Gasteiger partial charge in [-0.3, -0.25) is 0 Å². The summed E-state index contributed by atoms with van der Waals surface area (Å²) in [6, 6.07) is 0.422. The van der Waals surface area contributed by atoms with Gasteiger partial charge in [-0.1, -0.05) is 13.8 Å². The van der Waals surface area contributed by atoms with Crippen LogP contribution in [0.1, 0.15) is 27.2 Å². The van der Waals surface area contributed by atoms with Crippen LogP contribution in [0.25, 0.3) is 0 Å². The van der Waals surface area contributed by atoms with E-state index in [0.29, 0.717) is 17.9 Å². The van der Waals surface area contributed by atoms with Gasteiger partial charge in [0.2, 0.25) is 5.95 Å². The molecule has 0 spiro atoms. The summed E-state index contributed by atoms with van der Waals surface area (Å²) >= 11 is 3.44. The van der Waals surface area contributed by atoms with Crippen molar-refractivity contribution in [2.45, 2.75) is 33.2 Å². The van der Waals surface area contributed by atoms with Crippen LogP contribution < -0.4 is 10.6 Å². The number of halogens is 1. The lowest BCUT2D eigenvalue weighted by Crippen LogP contribution is -2.31. The number of rotatable bonds is 4. The molecule has 0 saturated carbocycles. The molecule has 16 heavy (non-hydrogen) atoms. The molecule has 4 nitrogen and oxygen atoms in total. The second-order valence-electron chi connectivity index (χ2n) is 4.49. The molecule has 0 bridgehead atoms. The van der Waals surface area contributed by atoms with E-state index in [1.165, 1.54) is 0 Å². The second kappa shape index (κ2) is 5.48. The Morgan fingerprint density at radius 2 is 2.06 bits per heavy atom. The van der Waals surface area contributed by atoms with E-state index in [1.807, 2.05) is 7.05 Å². The number of nitrogens with two attached hydrogens (primary N) is 1. The van der Waals surface area contributed by atoms with Crippen LogP contribution in [-0.4, -0.2) is 23.1 Å². The van der Waals surface area contributed by atoms with E-state index in [4.69, 9.17) is 5.73 Å². The first-order valence-corrected chi connectivity index (χ1v) is 6.22. The van der Waals surface area contributed by atoms with Crippen LogP contribution in [-0.2, 0) is 0 Å². The highest BCUT2D eigenvalue weighted by molar-refractivity contribution is 9.10. The lowest BCUT2D eigenvalue weighted by Gasteiger charge is -2.28. The molecule has 5 heteroatoms. The van der Waals surface area contributed by atoms with E-state index in [-0.39, 0.29) is 0 Å². The topological polar surface area (TPSA) is 55.0 Å². The Balaban J connectivity index is 2.86. The van der Waals surface area contributed by atoms with Gasteiger partial charge in [0.05, 0.1) is 4.47 Å². The van der Waals surface area contributed by atoms with Gasteiger partial charge < -0.3 is 10.6 Å². The summed E-state index contributed by atoms with van der Waals surface area (Å²) < 4.78 is 0.875. The van der Waals surface area contributed by atoms with E-state index >= 15 is 0 Å². The number of hydrogen-bond donors (Lipinski definition) is 1. The van der Waals surface area contributed by atoms with E-state index in [2.05, 4.69) is 51.6 Å². The summed E-state index contributed by atoms with van der Waals surface area (Å²) in [5.41, 5.74) is 5.60. The molecule has 1 unspecified atom stereocenters. The second-order valence-corrected chi connectivity index (χ2v) is 5.34. The SMILES string of the molecule is CC(C)CC(C)N(C)c1nc(N)ncc1Br. The van der Waals surface area contributed by atoms with Crippen molar-refractivity contribution in [3.05, 3.63) is 10.7 Å². The Kier molecular flexibility index (Phi) is 4.53. The monoisotopic (exact) mass is 286 g/mol. The maximum Gasteiger partial charge on any atom is 0.222 e. The number of hydrogen-bond acceptors (Lipinski definition) is 4. The maximum absolute atomic E-state index is 5.60. The van der Waals surface area contributed by atoms with Crippen molar-refractivity contribution in [1.29, 1.82) is 0 Å². The zero-order valence-electron chi connectivity index (χ0n) is 10.2. The number of anilines is 2. The lowest BCUT2D eigenvalue weighted by molar-refractivity contribution is 0.501. The summed E-state index contributed by atoms with van der Waals surface area (Å²) in [6.07, 6.45) is 2.81. The molecule has 0 aliphatic heterocycles. The molecule has 1 atom stereocenters. The molecule has 1 aromatic rings. The number of nitrogen functional groups attached to an aromatic ring is 1. The molecule has 0 aliphatic rings. The average molecular weight is 287 g/mol. The zero-order chi connectivity index (χ0) is 12.3. The summed E-state index contributed by atoms with van der Waals surface area (Å²) in [6.45, 7) is 6.62. The van der Waals surface area contributed by atoms with Crippen LogP contribution in [0.15, 0.2) is 10.7 Å². The predicted octanol–water partition coefficient (Wildman–Crippen LogP) is 2.69. The Morgan fingerprint density at radius 1 is 1.44 bits per heavy atom. The van der Waals surface area contributed by atoms with E-state index in [9.17, 15) is 0 Å². The van der Waals surface area contributed by atoms with Crippen molar-refractivity contribution >= 4 is 27.7 Å². The van der Waals surface area contributed by atoms with Crippen molar-refractivity contribution in [3.8, 4) is 0 Å². The van der Waals surface area contributed by atoms with Gasteiger partial charge in [-0.25, -0.2) is 4.98 Å². The number of aromatic nitrogens is 2. The van der Waals surface area contributed by atoms with Crippen molar-refractivity contribution < 1.29 is 0 Å². The summed E-state index contributed by atoms with van der Waals surface area (Å²) in [4.78, 5) is 10.3. The van der Waals surface area contributed by atoms with Crippen molar-refractivity contribution in [3.63, 3.8) is 0 Å². The Morgan fingerprint density at radius 3 is 2.62 bits per heavy atom. The van der Waals surface area contributed by atoms with E-state index < -0.39 is 0 Å². The molecule has 0 radical (unpaired) electrons. The van der Waals surface area contributed by atoms with Crippen LogP contribution in [0.4, 0.5) is 11.8 Å². The third kappa shape index (κ3) is 3.33. The third-order valence-electron chi connectivity index (χ3n) is 2.55. The molecule has 90 valence electrons. The van der Waals surface area contributed by atoms with Crippen molar-refractivity contribution in [1.82, 2.24) is 9.97 Å². The molecule has 1 aromatic heterocycles. The molecule has 1 rings (SSSR count). The fourth-order valence-electron chi connectivity index (χ4n) is 1.67. The lowest BCUT2D eigenvalue weighted by atomic mass is 10.0. The molecule has 0 saturated heterocycles. The quantitative estimate of drug-likeness (QED) is 0.925. The van der Waals surface area contributed by atoms with Gasteiger partial charge in [-0.2, -0.15) is 4.98 Å². The van der Waals surface area contributed by atoms with E-state index in [0.717, 1.165) is 16.7 Å². The van der Waals surface area contributed by atoms with Gasteiger partial charge in [0.15, 0.2) is 0 Å². The minimum Gasteiger partial charge on any atom is -0.368 e. The summed E-state index contributed by atoms with van der Waals surface area (Å²) in [7, 11) is 2.03. The van der Waals surface area contributed by atoms with Crippen LogP contribution in [0.2, 0.25) is 0 Å². The van der Waals surface area contributed by atoms with Crippen LogP contribution in [0, 0.1) is 5.92 Å². The largest absolute Gasteiger partial charge is 0.368 e. The zero-order valence-corrected chi connectivity index (χ0v) is 11.8. The standard InChI is InChI=1S/C11H19BrN4/c1-7(2)5-8(3)16(4)10-9(12)6-14-11(13)15-10/h6-8H,5H2,1-4H3,(H2,13,14,15). The van der Waals surface area contributed by atoms with Gasteiger partial charge >= 0.3 is 0 Å². The molecule has 0 aromatic carbocycles. The highest BCUT2D eigenvalue weighted by Gasteiger charge is 2.15. The van der Waals surface area contributed by atoms with Crippen LogP contribution in [0.3, 0.4) is 0 Å². The van der Waals surface area contributed by atoms with Crippen molar-refractivity contribution in [2.75, 3.05) is 17.7 Å². The molecule has 1 heterocycles. The Hall–Kier alpha value is -0.840. The van der Waals surface area contributed by atoms with Gasteiger partial charge in [-0.05, 0) is 35.2 Å². The first kappa shape index (κ1) is 13.2. The van der Waals surface area contributed by atoms with Gasteiger partial charge in [0, 0.05) is 19.3 Å². The number of nitrogens with zero attached hydrogens (tertiary/aromatic N) is 3. The smallest absolute Gasteiger partial charge is 0.222 e. The molecule has 2 N–H and O–H groups in total. The van der Waals surface area contributed by atoms with E-state index in [1.54, 1.807) is 6.20 Å². The van der Waals surface area contributed by atoms with Crippen LogP contribution >= 0.6 is 15.9 Å². The Bertz CT molecular complexity index is 354. The molecule has 0 amide bonds. The Labute approximate surface area is 105 Å². The normalized spacial score (nSPS) is 12.9. The highest BCUT2D eigenvalue weighted by atomic mass is 79.9. The maximum atomic E-state index is 5.60. The fourth-order valence-corrected chi connectivity index (χ4v) is 2.14. The predicted molar refractivity (Wildman–Crippen MR) is 71.5 cm³/mol. The fraction of sp³-hybridized carbons (Fsp3) is 0.636. The minimum atomic E-state index is 0.307. The summed E-state index contributed by atoms with van der Waals surface area (Å²) in [5, 5.41) is 0.